The van der Waals surface area contributed by atoms with Crippen LogP contribution in [0.15, 0.2) is 18.2 Å². The first-order valence-electron chi connectivity index (χ1n) is 7.20. The Balaban J connectivity index is 2.17. The van der Waals surface area contributed by atoms with Gasteiger partial charge < -0.3 is 16.4 Å². The highest BCUT2D eigenvalue weighted by Crippen LogP contribution is 2.32. The predicted octanol–water partition coefficient (Wildman–Crippen LogP) is 2.13. The highest BCUT2D eigenvalue weighted by molar-refractivity contribution is 5.97. The molecule has 1 atom stereocenters. The lowest BCUT2D eigenvalue weighted by Gasteiger charge is -2.14. The summed E-state index contributed by atoms with van der Waals surface area (Å²) in [6.07, 6.45) is -2.60. The molecule has 1 fully saturated rings. The van der Waals surface area contributed by atoms with E-state index in [1.807, 2.05) is 0 Å². The molecule has 0 saturated heterocycles. The lowest BCUT2D eigenvalue weighted by molar-refractivity contribution is -0.137. The molecule has 1 aromatic rings. The van der Waals surface area contributed by atoms with Crippen LogP contribution in [0.1, 0.15) is 35.7 Å². The third kappa shape index (κ3) is 4.95. The van der Waals surface area contributed by atoms with E-state index in [9.17, 15) is 22.8 Å². The van der Waals surface area contributed by atoms with Gasteiger partial charge in [-0.05, 0) is 37.0 Å². The highest BCUT2D eigenvalue weighted by Gasteiger charge is 2.32. The Morgan fingerprint density at radius 3 is 2.48 bits per heavy atom. The molecule has 0 aromatic heterocycles. The van der Waals surface area contributed by atoms with Crippen LogP contribution >= 0.6 is 0 Å². The van der Waals surface area contributed by atoms with Crippen molar-refractivity contribution in [3.63, 3.8) is 0 Å². The van der Waals surface area contributed by atoms with E-state index in [-0.39, 0.29) is 23.8 Å². The molecule has 126 valence electrons. The minimum Gasteiger partial charge on any atom is -0.350 e. The van der Waals surface area contributed by atoms with Gasteiger partial charge in [0.1, 0.15) is 0 Å². The maximum absolute atomic E-state index is 12.9. The molecule has 23 heavy (non-hydrogen) atoms. The van der Waals surface area contributed by atoms with Crippen LogP contribution in [-0.4, -0.2) is 24.4 Å². The quantitative estimate of drug-likeness (QED) is 0.774. The van der Waals surface area contributed by atoms with Gasteiger partial charge in [0.15, 0.2) is 0 Å². The molecule has 2 rings (SSSR count). The Hall–Kier alpha value is -2.09. The molecule has 4 N–H and O–H groups in total. The van der Waals surface area contributed by atoms with E-state index in [0.717, 1.165) is 25.0 Å². The number of alkyl halides is 3. The molecule has 1 unspecified atom stereocenters. The topological polar surface area (TPSA) is 84.2 Å². The maximum Gasteiger partial charge on any atom is 0.416 e. The summed E-state index contributed by atoms with van der Waals surface area (Å²) in [5.41, 5.74) is 4.59. The zero-order valence-corrected chi connectivity index (χ0v) is 12.5. The largest absolute Gasteiger partial charge is 0.416 e. The summed E-state index contributed by atoms with van der Waals surface area (Å²) < 4.78 is 38.7. The van der Waals surface area contributed by atoms with Crippen molar-refractivity contribution in [3.05, 3.63) is 29.3 Å². The van der Waals surface area contributed by atoms with Gasteiger partial charge in [-0.2, -0.15) is 13.2 Å². The number of nitrogens with two attached hydrogens (primary N) is 1. The first-order chi connectivity index (χ1) is 10.7. The second-order valence-corrected chi connectivity index (χ2v) is 5.69. The van der Waals surface area contributed by atoms with Crippen LogP contribution < -0.4 is 16.4 Å². The minimum atomic E-state index is -4.62. The van der Waals surface area contributed by atoms with E-state index >= 15 is 0 Å². The summed E-state index contributed by atoms with van der Waals surface area (Å²) in [5.74, 6) is -0.808. The number of halogens is 3. The van der Waals surface area contributed by atoms with Crippen molar-refractivity contribution in [2.75, 3.05) is 11.9 Å². The number of nitrogens with one attached hydrogen (secondary N) is 2. The Kier molecular flexibility index (Phi) is 4.93. The molecule has 1 aromatic carbocycles. The van der Waals surface area contributed by atoms with Crippen molar-refractivity contribution in [2.45, 2.75) is 32.0 Å². The molecule has 1 aliphatic carbocycles. The Morgan fingerprint density at radius 2 is 1.96 bits per heavy atom. The van der Waals surface area contributed by atoms with Gasteiger partial charge in [0, 0.05) is 30.8 Å². The second kappa shape index (κ2) is 6.57. The van der Waals surface area contributed by atoms with E-state index in [2.05, 4.69) is 10.6 Å². The summed E-state index contributed by atoms with van der Waals surface area (Å²) in [7, 11) is 0. The molecule has 1 aliphatic rings. The zero-order chi connectivity index (χ0) is 17.2. The van der Waals surface area contributed by atoms with E-state index in [4.69, 9.17) is 5.73 Å². The lowest BCUT2D eigenvalue weighted by Crippen LogP contribution is -2.38. The van der Waals surface area contributed by atoms with Crippen molar-refractivity contribution in [1.29, 1.82) is 0 Å². The predicted molar refractivity (Wildman–Crippen MR) is 78.8 cm³/mol. The lowest BCUT2D eigenvalue weighted by atomic mass is 10.1. The van der Waals surface area contributed by atoms with Gasteiger partial charge in [-0.15, -0.1) is 0 Å². The number of hydrogen-bond acceptors (Lipinski definition) is 3. The number of carbonyl (C=O) groups excluding carboxylic acids is 2. The van der Waals surface area contributed by atoms with Crippen LogP contribution in [-0.2, 0) is 11.0 Å². The third-order valence-electron chi connectivity index (χ3n) is 3.57. The van der Waals surface area contributed by atoms with Gasteiger partial charge >= 0.3 is 6.18 Å². The third-order valence-corrected chi connectivity index (χ3v) is 3.57. The van der Waals surface area contributed by atoms with Crippen LogP contribution in [0.2, 0.25) is 0 Å². The molecule has 1 saturated carbocycles. The Bertz CT molecular complexity index is 612. The van der Waals surface area contributed by atoms with Gasteiger partial charge in [0.2, 0.25) is 5.91 Å². The number of hydrogen-bond donors (Lipinski definition) is 3. The van der Waals surface area contributed by atoms with Gasteiger partial charge in [-0.25, -0.2) is 0 Å². The fourth-order valence-corrected chi connectivity index (χ4v) is 2.20. The van der Waals surface area contributed by atoms with Crippen molar-refractivity contribution < 1.29 is 22.8 Å². The summed E-state index contributed by atoms with van der Waals surface area (Å²) in [4.78, 5) is 23.1. The van der Waals surface area contributed by atoms with Gasteiger partial charge in [-0.1, -0.05) is 0 Å². The standard InChI is InChI=1S/C15H18F3N3O2/c1-8(22)21-12-5-10(4-11(6-12)15(16,17)18)14(23)20-7-13(19)9-2-3-9/h4-6,9,13H,2-3,7,19H2,1H3,(H,20,23)(H,21,22). The molecule has 5 nitrogen and oxygen atoms in total. The fourth-order valence-electron chi connectivity index (χ4n) is 2.20. The fraction of sp³-hybridized carbons (Fsp3) is 0.467. The van der Waals surface area contributed by atoms with E-state index < -0.39 is 23.6 Å². The summed E-state index contributed by atoms with van der Waals surface area (Å²) >= 11 is 0. The molecule has 8 heteroatoms. The van der Waals surface area contributed by atoms with E-state index in [1.165, 1.54) is 13.0 Å². The summed E-state index contributed by atoms with van der Waals surface area (Å²) in [6.45, 7) is 1.38. The number of benzene rings is 1. The average Bonchev–Trinajstić information content (AvgIpc) is 3.26. The first kappa shape index (κ1) is 17.3. The molecule has 0 radical (unpaired) electrons. The Labute approximate surface area is 131 Å². The van der Waals surface area contributed by atoms with Gasteiger partial charge in [0.05, 0.1) is 5.56 Å². The van der Waals surface area contributed by atoms with E-state index in [1.54, 1.807) is 0 Å². The number of rotatable bonds is 5. The van der Waals surface area contributed by atoms with Gasteiger partial charge in [-0.3, -0.25) is 9.59 Å². The molecule has 0 heterocycles. The maximum atomic E-state index is 12.9. The van der Waals surface area contributed by atoms with Crippen molar-refractivity contribution in [2.24, 2.45) is 11.7 Å². The Morgan fingerprint density at radius 1 is 1.30 bits per heavy atom. The average molecular weight is 329 g/mol. The SMILES string of the molecule is CC(=O)Nc1cc(C(=O)NCC(N)C2CC2)cc(C(F)(F)F)c1. The van der Waals surface area contributed by atoms with E-state index in [0.29, 0.717) is 5.92 Å². The zero-order valence-electron chi connectivity index (χ0n) is 12.5. The van der Waals surface area contributed by atoms with Crippen LogP contribution in [0.25, 0.3) is 0 Å². The van der Waals surface area contributed by atoms with Crippen molar-refractivity contribution in [3.8, 4) is 0 Å². The molecule has 0 spiro atoms. The van der Waals surface area contributed by atoms with Crippen LogP contribution in [0, 0.1) is 5.92 Å². The normalized spacial score (nSPS) is 15.9. The molecule has 0 bridgehead atoms. The highest BCUT2D eigenvalue weighted by atomic mass is 19.4. The smallest absolute Gasteiger partial charge is 0.350 e. The number of amides is 2. The van der Waals surface area contributed by atoms with Crippen molar-refractivity contribution in [1.82, 2.24) is 5.32 Å². The molecule has 2 amide bonds. The molecule has 0 aliphatic heterocycles. The monoisotopic (exact) mass is 329 g/mol. The summed E-state index contributed by atoms with van der Waals surface area (Å²) in [5, 5.41) is 4.80. The summed E-state index contributed by atoms with van der Waals surface area (Å²) in [6, 6.07) is 2.55. The number of carbonyl (C=O) groups is 2. The van der Waals surface area contributed by atoms with Gasteiger partial charge in [0.25, 0.3) is 5.91 Å². The molecular formula is C15H18F3N3O2. The van der Waals surface area contributed by atoms with Crippen LogP contribution in [0.5, 0.6) is 0 Å². The first-order valence-corrected chi connectivity index (χ1v) is 7.20. The van der Waals surface area contributed by atoms with Crippen LogP contribution in [0.4, 0.5) is 18.9 Å². The minimum absolute atomic E-state index is 0.0797. The van der Waals surface area contributed by atoms with Crippen molar-refractivity contribution >= 4 is 17.5 Å². The number of anilines is 1. The van der Waals surface area contributed by atoms with Crippen LogP contribution in [0.3, 0.4) is 0 Å². The molecular weight excluding hydrogens is 311 g/mol. The second-order valence-electron chi connectivity index (χ2n) is 5.69.